The van der Waals surface area contributed by atoms with E-state index in [1.54, 1.807) is 55.4 Å². The Morgan fingerprint density at radius 2 is 0.898 bits per heavy atom. The Morgan fingerprint density at radius 1 is 0.466 bits per heavy atom. The lowest BCUT2D eigenvalue weighted by molar-refractivity contribution is -0.157. The van der Waals surface area contributed by atoms with Crippen molar-refractivity contribution in [3.63, 3.8) is 0 Å². The minimum Gasteiger partial charge on any atom is -0.390 e. The number of methoxy groups -OCH3 is 1. The summed E-state index contributed by atoms with van der Waals surface area (Å²) in [7, 11) is 11.4. The van der Waals surface area contributed by atoms with E-state index in [0.717, 1.165) is 16.2 Å². The van der Waals surface area contributed by atoms with Crippen LogP contribution in [0.1, 0.15) is 176 Å². The van der Waals surface area contributed by atoms with Crippen molar-refractivity contribution in [3.05, 3.63) is 0 Å². The average Bonchev–Trinajstić information content (AvgIpc) is 2.82. The van der Waals surface area contributed by atoms with Crippen molar-refractivity contribution >= 4 is 65.0 Å². The molecule has 0 radical (unpaired) electrons. The molecule has 0 saturated carbocycles. The fourth-order valence-electron chi connectivity index (χ4n) is 11.2. The van der Waals surface area contributed by atoms with Crippen molar-refractivity contribution in [3.8, 4) is 0 Å². The number of carbonyl (C=O) groups excluding carboxylic acids is 11. The van der Waals surface area contributed by atoms with E-state index in [1.807, 2.05) is 48.5 Å². The summed E-state index contributed by atoms with van der Waals surface area (Å²) in [6.45, 7) is 31.3. The van der Waals surface area contributed by atoms with Gasteiger partial charge in [-0.3, -0.25) is 52.7 Å². The van der Waals surface area contributed by atoms with Crippen LogP contribution in [0.15, 0.2) is 0 Å². The smallest absolute Gasteiger partial charge is 0.246 e. The van der Waals surface area contributed by atoms with Crippen LogP contribution in [0.2, 0.25) is 0 Å². The van der Waals surface area contributed by atoms with Gasteiger partial charge in [0.1, 0.15) is 66.5 Å². The van der Waals surface area contributed by atoms with Gasteiger partial charge in [0.2, 0.25) is 65.0 Å². The Labute approximate surface area is 527 Å². The molecule has 88 heavy (non-hydrogen) atoms. The second-order valence-corrected chi connectivity index (χ2v) is 27.3. The van der Waals surface area contributed by atoms with E-state index in [2.05, 4.69) is 21.3 Å². The number of ether oxygens (including phenoxy) is 1. The van der Waals surface area contributed by atoms with Crippen LogP contribution in [0.25, 0.3) is 0 Å². The van der Waals surface area contributed by atoms with Crippen LogP contribution in [0.3, 0.4) is 0 Å². The molecule has 0 aromatic rings. The van der Waals surface area contributed by atoms with Gasteiger partial charge in [-0.1, -0.05) is 103 Å². The molecule has 0 bridgehead atoms. The van der Waals surface area contributed by atoms with Crippen LogP contribution in [0.5, 0.6) is 0 Å². The highest BCUT2D eigenvalue weighted by Crippen LogP contribution is 2.27. The molecule has 1 heterocycles. The van der Waals surface area contributed by atoms with Crippen molar-refractivity contribution < 1.29 is 62.6 Å². The van der Waals surface area contributed by atoms with E-state index in [-0.39, 0.29) is 49.9 Å². The lowest BCUT2D eigenvalue weighted by Gasteiger charge is -2.41. The van der Waals surface area contributed by atoms with Crippen LogP contribution in [0, 0.1) is 35.5 Å². The van der Waals surface area contributed by atoms with Gasteiger partial charge >= 0.3 is 0 Å². The lowest BCUT2D eigenvalue weighted by Crippen LogP contribution is -2.64. The highest BCUT2D eigenvalue weighted by molar-refractivity contribution is 6.00. The normalized spacial score (nSPS) is 27.3. The second kappa shape index (κ2) is 35.5. The van der Waals surface area contributed by atoms with Crippen molar-refractivity contribution in [2.75, 3.05) is 56.4 Å². The Morgan fingerprint density at radius 3 is 1.35 bits per heavy atom. The number of unbranched alkanes of at least 4 members (excludes halogenated alkanes) is 1. The zero-order valence-corrected chi connectivity index (χ0v) is 58.5. The van der Waals surface area contributed by atoms with Crippen LogP contribution in [-0.4, -0.2) is 239 Å². The predicted molar refractivity (Wildman–Crippen MR) is 339 cm³/mol. The van der Waals surface area contributed by atoms with E-state index in [9.17, 15) is 48.3 Å². The molecule has 0 aliphatic carbocycles. The number of nitrogens with one attached hydrogen (secondary N) is 4. The van der Waals surface area contributed by atoms with Crippen molar-refractivity contribution in [1.29, 1.82) is 0 Å². The molecule has 1 aliphatic rings. The first-order valence-electron chi connectivity index (χ1n) is 31.8. The number of carbonyl (C=O) groups is 11. The molecular formula is C64H117N11O13. The van der Waals surface area contributed by atoms with E-state index < -0.39 is 161 Å². The largest absolute Gasteiger partial charge is 0.390 e. The first-order chi connectivity index (χ1) is 40.5. The van der Waals surface area contributed by atoms with Gasteiger partial charge in [0.15, 0.2) is 0 Å². The first kappa shape index (κ1) is 80.1. The topological polar surface area (TPSA) is 288 Å². The number of aliphatic hydroxyl groups excluding tert-OH is 1. The minimum absolute atomic E-state index is 0.00765. The number of likely N-dealkylation sites (N-methyl/N-ethyl adjacent to an activating group) is 7. The highest BCUT2D eigenvalue weighted by Gasteiger charge is 2.46. The summed E-state index contributed by atoms with van der Waals surface area (Å²) in [5.74, 6) is -9.75. The van der Waals surface area contributed by atoms with Gasteiger partial charge < -0.3 is 65.4 Å². The van der Waals surface area contributed by atoms with E-state index in [4.69, 9.17) is 4.74 Å². The maximum Gasteiger partial charge on any atom is 0.246 e. The maximum absolute atomic E-state index is 15.2. The standard InChI is InChI=1S/C64H117N11O13/c1-27-29-30-40(13)52(76)51-56(80)67-44(28-2)59(83)69(19)43(16)58(82)73(23)48(34-64(17,18)88-26)55(79)68-49(38(9)10)62(86)70(20)45(31-35(3)4)54(78)65-41(14)53(77)66-42(15)57(81)71(21)46(32-36(5)6)60(84)72(22)47(33-37(7)8)61(85)74(24)50(39(11)12)63(87)75(51)25/h35-52,76H,27-34H2,1-26H3,(H,65,78)(H,66,77)(H,67,80)(H,68,79)/t40-,41+,42-,43-,44+,45+,46+,47+,48+,49+,50+,51+,52-/m1/s1. The molecule has 1 aliphatic heterocycles. The van der Waals surface area contributed by atoms with E-state index >= 15 is 9.59 Å². The monoisotopic (exact) mass is 1250 g/mol. The molecule has 24 heteroatoms. The molecule has 0 unspecified atom stereocenters. The third-order valence-electron chi connectivity index (χ3n) is 17.4. The number of aliphatic hydroxyl groups is 1. The fraction of sp³-hybridized carbons (Fsp3) is 0.828. The molecule has 11 amide bonds. The number of nitrogens with zero attached hydrogens (tertiary/aromatic N) is 7. The molecule has 1 fully saturated rings. The number of amides is 11. The SMILES string of the molecule is CCCC[C@@H](C)[C@@H](O)[C@H]1C(=O)N[C@@H](CC)C(=O)N(C)[C@H](C)C(=O)N(C)[C@@H](CC(C)(C)OC)C(=O)N[C@@H](C(C)C)C(=O)N(C)[C@@H](CC(C)C)C(=O)N[C@@H](C)C(=O)N[C@H](C)C(=O)N(C)[C@@H](CC(C)C)C(=O)N(C)[C@@H](CC(C)C)C(=O)N(C)[C@@H](C(C)C)C(=O)N1C. The summed E-state index contributed by atoms with van der Waals surface area (Å²) in [4.78, 5) is 170. The summed E-state index contributed by atoms with van der Waals surface area (Å²) in [6, 6.07) is -13.9. The van der Waals surface area contributed by atoms with Crippen molar-refractivity contribution in [1.82, 2.24) is 55.6 Å². The quantitative estimate of drug-likeness (QED) is 0.139. The first-order valence-corrected chi connectivity index (χ1v) is 31.8. The van der Waals surface area contributed by atoms with Crippen LogP contribution in [0.4, 0.5) is 0 Å². The Hall–Kier alpha value is -5.91. The molecule has 0 aromatic carbocycles. The molecule has 1 rings (SSSR count). The molecule has 506 valence electrons. The number of hydrogen-bond acceptors (Lipinski definition) is 13. The zero-order valence-electron chi connectivity index (χ0n) is 58.5. The number of hydrogen-bond donors (Lipinski definition) is 5. The molecule has 1 saturated heterocycles. The fourth-order valence-corrected chi connectivity index (χ4v) is 11.2. The van der Waals surface area contributed by atoms with Gasteiger partial charge in [-0.25, -0.2) is 0 Å². The molecular weight excluding hydrogens is 1130 g/mol. The van der Waals surface area contributed by atoms with Crippen LogP contribution >= 0.6 is 0 Å². The van der Waals surface area contributed by atoms with Gasteiger partial charge in [0.05, 0.1) is 11.7 Å². The van der Waals surface area contributed by atoms with Crippen molar-refractivity contribution in [2.24, 2.45) is 35.5 Å². The molecule has 24 nitrogen and oxygen atoms in total. The number of rotatable bonds is 17. The van der Waals surface area contributed by atoms with E-state index in [0.29, 0.717) is 12.8 Å². The summed E-state index contributed by atoms with van der Waals surface area (Å²) in [5.41, 5.74) is -1.02. The summed E-state index contributed by atoms with van der Waals surface area (Å²) >= 11 is 0. The van der Waals surface area contributed by atoms with Gasteiger partial charge in [0, 0.05) is 62.9 Å². The van der Waals surface area contributed by atoms with E-state index in [1.165, 1.54) is 102 Å². The molecule has 0 spiro atoms. The van der Waals surface area contributed by atoms with Crippen LogP contribution in [-0.2, 0) is 57.5 Å². The molecule has 0 aromatic heterocycles. The predicted octanol–water partition coefficient (Wildman–Crippen LogP) is 3.65. The third-order valence-corrected chi connectivity index (χ3v) is 17.4. The van der Waals surface area contributed by atoms with Gasteiger partial charge in [-0.05, 0) is 102 Å². The van der Waals surface area contributed by atoms with Gasteiger partial charge in [-0.2, -0.15) is 0 Å². The van der Waals surface area contributed by atoms with Gasteiger partial charge in [0.25, 0.3) is 0 Å². The summed E-state index contributed by atoms with van der Waals surface area (Å²) in [6.07, 6.45) is 0.844. The summed E-state index contributed by atoms with van der Waals surface area (Å²) < 4.78 is 5.74. The van der Waals surface area contributed by atoms with Crippen LogP contribution < -0.4 is 21.3 Å². The highest BCUT2D eigenvalue weighted by atomic mass is 16.5. The Balaban J connectivity index is 4.42. The lowest BCUT2D eigenvalue weighted by atomic mass is 9.90. The maximum atomic E-state index is 15.2. The minimum atomic E-state index is -1.60. The zero-order chi connectivity index (χ0) is 68.5. The third kappa shape index (κ3) is 21.7. The molecule has 13 atom stereocenters. The average molecular weight is 1250 g/mol. The van der Waals surface area contributed by atoms with Gasteiger partial charge in [-0.15, -0.1) is 0 Å². The molecule has 5 N–H and O–H groups in total. The Kier molecular flexibility index (Phi) is 32.3. The van der Waals surface area contributed by atoms with Crippen molar-refractivity contribution in [2.45, 2.75) is 254 Å². The summed E-state index contributed by atoms with van der Waals surface area (Å²) in [5, 5.41) is 23.2. The Bertz CT molecular complexity index is 2380. The second-order valence-electron chi connectivity index (χ2n) is 27.3.